The van der Waals surface area contributed by atoms with Crippen LogP contribution in [0.3, 0.4) is 0 Å². The summed E-state index contributed by atoms with van der Waals surface area (Å²) in [5, 5.41) is 5.13. The Morgan fingerprint density at radius 2 is 2.00 bits per heavy atom. The summed E-state index contributed by atoms with van der Waals surface area (Å²) >= 11 is 0. The van der Waals surface area contributed by atoms with Crippen LogP contribution in [0.25, 0.3) is 0 Å². The van der Waals surface area contributed by atoms with Crippen LogP contribution in [0, 0.1) is 0 Å². The molecule has 0 bridgehead atoms. The van der Waals surface area contributed by atoms with Gasteiger partial charge in [-0.3, -0.25) is 10.1 Å². The standard InChI is InChI=1S/C7H13N3O2/c1-8-6(4-5-11)9-7(12)10(2)3/h4-5,8H,1-3H3,(H,9,12)/b6-4-. The Labute approximate surface area is 71.4 Å². The van der Waals surface area contributed by atoms with E-state index in [9.17, 15) is 9.59 Å². The van der Waals surface area contributed by atoms with Crippen molar-refractivity contribution in [3.8, 4) is 0 Å². The maximum Gasteiger partial charge on any atom is 0.322 e. The van der Waals surface area contributed by atoms with Crippen molar-refractivity contribution in [3.05, 3.63) is 11.9 Å². The Hall–Kier alpha value is -1.52. The van der Waals surface area contributed by atoms with E-state index >= 15 is 0 Å². The molecule has 5 nitrogen and oxygen atoms in total. The van der Waals surface area contributed by atoms with Gasteiger partial charge in [-0.2, -0.15) is 0 Å². The summed E-state index contributed by atoms with van der Waals surface area (Å²) in [7, 11) is 4.85. The molecule has 0 aromatic heterocycles. The predicted molar refractivity (Wildman–Crippen MR) is 45.4 cm³/mol. The van der Waals surface area contributed by atoms with Crippen molar-refractivity contribution in [3.63, 3.8) is 0 Å². The van der Waals surface area contributed by atoms with Crippen LogP contribution in [0.5, 0.6) is 0 Å². The highest BCUT2D eigenvalue weighted by molar-refractivity contribution is 5.77. The van der Waals surface area contributed by atoms with Gasteiger partial charge in [0.1, 0.15) is 12.1 Å². The zero-order valence-corrected chi connectivity index (χ0v) is 7.42. The van der Waals surface area contributed by atoms with Crippen LogP contribution < -0.4 is 10.6 Å². The topological polar surface area (TPSA) is 61.4 Å². The number of carbonyl (C=O) groups is 2. The molecular weight excluding hydrogens is 158 g/mol. The minimum Gasteiger partial charge on any atom is -0.374 e. The van der Waals surface area contributed by atoms with E-state index in [4.69, 9.17) is 0 Å². The zero-order chi connectivity index (χ0) is 9.56. The highest BCUT2D eigenvalue weighted by atomic mass is 16.2. The number of allylic oxidation sites excluding steroid dienone is 1. The molecule has 0 rings (SSSR count). The smallest absolute Gasteiger partial charge is 0.322 e. The molecule has 0 radical (unpaired) electrons. The first kappa shape index (κ1) is 10.5. The van der Waals surface area contributed by atoms with E-state index in [1.54, 1.807) is 21.1 Å². The molecule has 0 spiro atoms. The first-order valence-corrected chi connectivity index (χ1v) is 3.43. The summed E-state index contributed by atoms with van der Waals surface area (Å²) in [5.41, 5.74) is 0. The third-order valence-electron chi connectivity index (χ3n) is 1.15. The van der Waals surface area contributed by atoms with E-state index in [1.165, 1.54) is 11.0 Å². The summed E-state index contributed by atoms with van der Waals surface area (Å²) in [6, 6.07) is -0.280. The lowest BCUT2D eigenvalue weighted by molar-refractivity contribution is -0.104. The van der Waals surface area contributed by atoms with Gasteiger partial charge >= 0.3 is 6.03 Å². The number of amides is 2. The molecule has 0 unspecified atom stereocenters. The van der Waals surface area contributed by atoms with Crippen molar-refractivity contribution < 1.29 is 9.59 Å². The number of nitrogens with zero attached hydrogens (tertiary/aromatic N) is 1. The number of hydrogen-bond acceptors (Lipinski definition) is 3. The third-order valence-corrected chi connectivity index (χ3v) is 1.15. The van der Waals surface area contributed by atoms with Gasteiger partial charge in [0.15, 0.2) is 0 Å². The molecule has 0 aliphatic rings. The molecule has 0 aromatic carbocycles. The zero-order valence-electron chi connectivity index (χ0n) is 7.42. The summed E-state index contributed by atoms with van der Waals surface area (Å²) < 4.78 is 0. The van der Waals surface area contributed by atoms with Crippen LogP contribution in [0.15, 0.2) is 11.9 Å². The maximum atomic E-state index is 11.0. The number of carbonyl (C=O) groups excluding carboxylic acids is 2. The quantitative estimate of drug-likeness (QED) is 0.445. The van der Waals surface area contributed by atoms with Crippen molar-refractivity contribution in [1.82, 2.24) is 15.5 Å². The Bertz CT molecular complexity index is 199. The van der Waals surface area contributed by atoms with Gasteiger partial charge in [-0.05, 0) is 0 Å². The number of hydrogen-bond donors (Lipinski definition) is 2. The lowest BCUT2D eigenvalue weighted by Gasteiger charge is -2.13. The van der Waals surface area contributed by atoms with E-state index in [2.05, 4.69) is 10.6 Å². The van der Waals surface area contributed by atoms with Gasteiger partial charge in [0.25, 0.3) is 0 Å². The molecule has 0 fully saturated rings. The second-order valence-corrected chi connectivity index (χ2v) is 2.29. The van der Waals surface area contributed by atoms with Gasteiger partial charge in [0.05, 0.1) is 0 Å². The van der Waals surface area contributed by atoms with Crippen LogP contribution >= 0.6 is 0 Å². The average Bonchev–Trinajstić information content (AvgIpc) is 2.03. The Morgan fingerprint density at radius 3 is 2.33 bits per heavy atom. The normalized spacial score (nSPS) is 10.4. The van der Waals surface area contributed by atoms with Gasteiger partial charge in [-0.25, -0.2) is 4.79 Å². The number of aldehydes is 1. The van der Waals surface area contributed by atoms with Gasteiger partial charge < -0.3 is 10.2 Å². The van der Waals surface area contributed by atoms with E-state index in [1.807, 2.05) is 0 Å². The van der Waals surface area contributed by atoms with Gasteiger partial charge in [-0.1, -0.05) is 0 Å². The van der Waals surface area contributed by atoms with Gasteiger partial charge in [-0.15, -0.1) is 0 Å². The van der Waals surface area contributed by atoms with E-state index < -0.39 is 0 Å². The lowest BCUT2D eigenvalue weighted by atomic mass is 10.5. The second-order valence-electron chi connectivity index (χ2n) is 2.29. The van der Waals surface area contributed by atoms with Crippen LogP contribution in [0.1, 0.15) is 0 Å². The molecule has 0 heterocycles. The molecule has 0 aliphatic carbocycles. The maximum absolute atomic E-state index is 11.0. The molecule has 0 saturated carbocycles. The Kier molecular flexibility index (Phi) is 4.52. The van der Waals surface area contributed by atoms with Gasteiger partial charge in [0, 0.05) is 27.2 Å². The Balaban J connectivity index is 4.12. The molecule has 0 saturated heterocycles. The van der Waals surface area contributed by atoms with E-state index in [-0.39, 0.29) is 6.03 Å². The minimum atomic E-state index is -0.280. The van der Waals surface area contributed by atoms with Crippen molar-refractivity contribution in [1.29, 1.82) is 0 Å². The fourth-order valence-electron chi connectivity index (χ4n) is 0.483. The molecule has 2 amide bonds. The van der Waals surface area contributed by atoms with E-state index in [0.717, 1.165) is 0 Å². The third kappa shape index (κ3) is 3.60. The van der Waals surface area contributed by atoms with Crippen LogP contribution in [0.2, 0.25) is 0 Å². The number of urea groups is 1. The first-order valence-electron chi connectivity index (χ1n) is 3.43. The SMILES string of the molecule is CN/C(=C/C=O)NC(=O)N(C)C. The molecule has 0 atom stereocenters. The largest absolute Gasteiger partial charge is 0.374 e. The Morgan fingerprint density at radius 1 is 1.42 bits per heavy atom. The molecule has 2 N–H and O–H groups in total. The summed E-state index contributed by atoms with van der Waals surface area (Å²) in [5.74, 6) is 0.378. The first-order chi connectivity index (χ1) is 5.61. The van der Waals surface area contributed by atoms with Crippen molar-refractivity contribution in [2.45, 2.75) is 0 Å². The number of rotatable bonds is 3. The summed E-state index contributed by atoms with van der Waals surface area (Å²) in [6.07, 6.45) is 1.84. The molecule has 0 aromatic rings. The average molecular weight is 171 g/mol. The second kappa shape index (κ2) is 5.17. The summed E-state index contributed by atoms with van der Waals surface area (Å²) in [6.45, 7) is 0. The van der Waals surface area contributed by atoms with Crippen molar-refractivity contribution in [2.24, 2.45) is 0 Å². The van der Waals surface area contributed by atoms with Crippen LogP contribution in [-0.2, 0) is 4.79 Å². The number of nitrogens with one attached hydrogen (secondary N) is 2. The van der Waals surface area contributed by atoms with Crippen LogP contribution in [0.4, 0.5) is 4.79 Å². The molecule has 68 valence electrons. The fraction of sp³-hybridized carbons (Fsp3) is 0.429. The fourth-order valence-corrected chi connectivity index (χ4v) is 0.483. The van der Waals surface area contributed by atoms with Crippen molar-refractivity contribution >= 4 is 12.3 Å². The predicted octanol–water partition coefficient (Wildman–Crippen LogP) is -0.483. The van der Waals surface area contributed by atoms with E-state index in [0.29, 0.717) is 12.1 Å². The monoisotopic (exact) mass is 171 g/mol. The van der Waals surface area contributed by atoms with Crippen molar-refractivity contribution in [2.75, 3.05) is 21.1 Å². The molecule has 12 heavy (non-hydrogen) atoms. The summed E-state index contributed by atoms with van der Waals surface area (Å²) in [4.78, 5) is 22.4. The molecule has 5 heteroatoms. The van der Waals surface area contributed by atoms with Crippen LogP contribution in [-0.4, -0.2) is 38.4 Å². The molecular formula is C7H13N3O2. The molecule has 0 aliphatic heterocycles. The van der Waals surface area contributed by atoms with Gasteiger partial charge in [0.2, 0.25) is 0 Å². The minimum absolute atomic E-state index is 0.280. The highest BCUT2D eigenvalue weighted by Gasteiger charge is 2.03. The highest BCUT2D eigenvalue weighted by Crippen LogP contribution is 1.83. The lowest BCUT2D eigenvalue weighted by Crippen LogP contribution is -2.37.